The lowest BCUT2D eigenvalue weighted by atomic mass is 10.0. The van der Waals surface area contributed by atoms with Crippen molar-refractivity contribution >= 4 is 52.3 Å². The molecule has 2 aromatic carbocycles. The number of para-hydroxylation sites is 1. The summed E-state index contributed by atoms with van der Waals surface area (Å²) < 4.78 is 37.7. The molecule has 1 N–H and O–H groups in total. The first kappa shape index (κ1) is 34.4. The number of halogens is 3. The Hall–Kier alpha value is -3.90. The highest BCUT2D eigenvalue weighted by molar-refractivity contribution is 7.14. The Kier molecular flexibility index (Phi) is 11.6. The van der Waals surface area contributed by atoms with Gasteiger partial charge in [-0.05, 0) is 61.9 Å². The van der Waals surface area contributed by atoms with Crippen molar-refractivity contribution in [2.45, 2.75) is 38.0 Å². The fourth-order valence-electron chi connectivity index (χ4n) is 5.28. The predicted octanol–water partition coefficient (Wildman–Crippen LogP) is 7.40. The largest absolute Gasteiger partial charge is 0.493 e. The molecule has 4 aromatic rings. The van der Waals surface area contributed by atoms with E-state index in [9.17, 15) is 14.0 Å². The van der Waals surface area contributed by atoms with Crippen molar-refractivity contribution in [3.63, 3.8) is 0 Å². The number of rotatable bonds is 11. The average molecular weight is 704 g/mol. The van der Waals surface area contributed by atoms with Crippen LogP contribution in [0.5, 0.6) is 11.5 Å². The third-order valence-corrected chi connectivity index (χ3v) is 9.61. The molecule has 1 amide bonds. The molecular formula is C34H35Cl2FN3O6S+. The fraction of sp³-hybridized carbons (Fsp3) is 0.324. The van der Waals surface area contributed by atoms with Crippen molar-refractivity contribution in [1.29, 1.82) is 0 Å². The summed E-state index contributed by atoms with van der Waals surface area (Å²) in [6.07, 6.45) is 3.05. The Morgan fingerprint density at radius 3 is 2.40 bits per heavy atom. The number of carbonyl (C=O) groups is 2. The van der Waals surface area contributed by atoms with E-state index in [1.807, 2.05) is 7.05 Å². The summed E-state index contributed by atoms with van der Waals surface area (Å²) in [7, 11) is 5.07. The number of methoxy groups -OCH3 is 2. The van der Waals surface area contributed by atoms with Crippen molar-refractivity contribution in [1.82, 2.24) is 4.90 Å². The standard InChI is InChI=1S/C34H34Cl2FN3O6S/c1-39-14-12-22(13-15-39)45-34(42)40(28-7-5-4-6-27(28)37)20-23-9-11-32(47-23)33(41)46-30(17-24-25(35)18-38-19-26(24)36)21-8-10-29(43-2)31(16-21)44-3/h4-11,16,18-19,22,30H,12-15,17,20H2,1-3H3/p+1/t30-/m0/s1. The van der Waals surface area contributed by atoms with Gasteiger partial charge in [-0.1, -0.05) is 41.4 Å². The SMILES string of the molecule is COc1ccc([C@H](Cc2c(Cl)c[nH+]cc2Cl)OC(=O)c2ccc(CN(C(=O)OC3CCN(C)CC3)c3ccccc3F)s2)cc1OC. The molecule has 248 valence electrons. The minimum Gasteiger partial charge on any atom is -0.493 e. The molecule has 3 heterocycles. The molecule has 9 nitrogen and oxygen atoms in total. The normalized spacial score (nSPS) is 14.3. The maximum atomic E-state index is 14.9. The molecule has 1 atom stereocenters. The molecule has 1 aliphatic rings. The Bertz CT molecular complexity index is 1690. The van der Waals surface area contributed by atoms with E-state index in [0.717, 1.165) is 24.4 Å². The van der Waals surface area contributed by atoms with Gasteiger partial charge in [0.15, 0.2) is 23.9 Å². The second-order valence-electron chi connectivity index (χ2n) is 11.0. The number of hydrogen-bond donors (Lipinski definition) is 0. The van der Waals surface area contributed by atoms with Gasteiger partial charge in [-0.15, -0.1) is 11.3 Å². The number of esters is 1. The minimum atomic E-state index is -0.801. The van der Waals surface area contributed by atoms with Crippen molar-refractivity contribution in [2.75, 3.05) is 39.3 Å². The van der Waals surface area contributed by atoms with Crippen molar-refractivity contribution in [3.05, 3.63) is 104 Å². The molecule has 0 aliphatic carbocycles. The number of carbonyl (C=O) groups excluding carboxylic acids is 2. The van der Waals surface area contributed by atoms with Gasteiger partial charge in [0.05, 0.1) is 26.5 Å². The van der Waals surface area contributed by atoms with Gasteiger partial charge >= 0.3 is 12.1 Å². The number of piperidine rings is 1. The number of nitrogens with one attached hydrogen (secondary N) is 1. The average Bonchev–Trinajstić information content (AvgIpc) is 3.55. The number of aromatic amines is 1. The van der Waals surface area contributed by atoms with Crippen LogP contribution in [0.2, 0.25) is 10.0 Å². The monoisotopic (exact) mass is 702 g/mol. The first-order chi connectivity index (χ1) is 22.7. The summed E-state index contributed by atoms with van der Waals surface area (Å²) in [6.45, 7) is 1.61. The van der Waals surface area contributed by atoms with Crippen LogP contribution in [0.1, 0.15) is 44.6 Å². The zero-order valence-corrected chi connectivity index (χ0v) is 28.5. The lowest BCUT2D eigenvalue weighted by Crippen LogP contribution is -2.39. The number of nitrogens with zero attached hydrogens (tertiary/aromatic N) is 2. The summed E-state index contributed by atoms with van der Waals surface area (Å²) in [6, 6.07) is 14.6. The second kappa shape index (κ2) is 15.8. The highest BCUT2D eigenvalue weighted by Gasteiger charge is 2.28. The Morgan fingerprint density at radius 1 is 1.02 bits per heavy atom. The molecule has 2 aromatic heterocycles. The van der Waals surface area contributed by atoms with Gasteiger partial charge in [0.1, 0.15) is 32.9 Å². The number of hydrogen-bond acceptors (Lipinski definition) is 8. The Labute approximate surface area is 286 Å². The zero-order valence-electron chi connectivity index (χ0n) is 26.1. The molecule has 1 saturated heterocycles. The van der Waals surface area contributed by atoms with Crippen LogP contribution in [0.25, 0.3) is 0 Å². The topological polar surface area (TPSA) is 91.7 Å². The van der Waals surface area contributed by atoms with Crippen LogP contribution in [-0.2, 0) is 22.4 Å². The van der Waals surface area contributed by atoms with Gasteiger partial charge in [0, 0.05) is 30.0 Å². The molecule has 0 radical (unpaired) electrons. The first-order valence-corrected chi connectivity index (χ1v) is 16.5. The van der Waals surface area contributed by atoms with E-state index in [1.54, 1.807) is 54.9 Å². The molecule has 1 aliphatic heterocycles. The number of amides is 1. The molecule has 47 heavy (non-hydrogen) atoms. The molecule has 1 fully saturated rings. The van der Waals surface area contributed by atoms with E-state index in [1.165, 1.54) is 31.3 Å². The van der Waals surface area contributed by atoms with Crippen LogP contribution >= 0.6 is 34.5 Å². The first-order valence-electron chi connectivity index (χ1n) is 14.9. The molecule has 5 rings (SSSR count). The van der Waals surface area contributed by atoms with Crippen LogP contribution in [0, 0.1) is 5.82 Å². The number of aromatic nitrogens is 1. The fourth-order valence-corrected chi connectivity index (χ4v) is 6.69. The van der Waals surface area contributed by atoms with E-state index < -0.39 is 24.0 Å². The van der Waals surface area contributed by atoms with E-state index in [-0.39, 0.29) is 24.8 Å². The molecular weight excluding hydrogens is 668 g/mol. The van der Waals surface area contributed by atoms with Gasteiger partial charge in [-0.3, -0.25) is 4.90 Å². The number of H-pyrrole nitrogens is 1. The molecule has 0 unspecified atom stereocenters. The zero-order chi connectivity index (χ0) is 33.5. The maximum absolute atomic E-state index is 14.9. The van der Waals surface area contributed by atoms with Gasteiger partial charge in [-0.2, -0.15) is 0 Å². The number of benzene rings is 2. The van der Waals surface area contributed by atoms with E-state index >= 15 is 0 Å². The molecule has 13 heteroatoms. The van der Waals surface area contributed by atoms with Crippen molar-refractivity contribution in [3.8, 4) is 11.5 Å². The van der Waals surface area contributed by atoms with Gasteiger partial charge in [-0.25, -0.2) is 19.0 Å². The van der Waals surface area contributed by atoms with Crippen LogP contribution < -0.4 is 19.4 Å². The van der Waals surface area contributed by atoms with Gasteiger partial charge in [0.2, 0.25) is 0 Å². The van der Waals surface area contributed by atoms with E-state index in [2.05, 4.69) is 9.88 Å². The molecule has 0 spiro atoms. The molecule has 0 saturated carbocycles. The van der Waals surface area contributed by atoms with E-state index in [0.29, 0.717) is 55.3 Å². The summed E-state index contributed by atoms with van der Waals surface area (Å²) in [5.74, 6) is -0.175. The van der Waals surface area contributed by atoms with Crippen LogP contribution in [0.15, 0.2) is 67.0 Å². The highest BCUT2D eigenvalue weighted by Crippen LogP contribution is 2.36. The second-order valence-corrected chi connectivity index (χ2v) is 13.0. The Morgan fingerprint density at radius 2 is 1.72 bits per heavy atom. The lowest BCUT2D eigenvalue weighted by Gasteiger charge is -2.31. The van der Waals surface area contributed by atoms with Gasteiger partial charge < -0.3 is 23.8 Å². The maximum Gasteiger partial charge on any atom is 0.414 e. The Balaban J connectivity index is 1.38. The number of likely N-dealkylation sites (tertiary alicyclic amines) is 1. The van der Waals surface area contributed by atoms with Crippen LogP contribution in [0.3, 0.4) is 0 Å². The summed E-state index contributed by atoms with van der Waals surface area (Å²) in [5.41, 5.74) is 1.32. The van der Waals surface area contributed by atoms with Crippen LogP contribution in [0.4, 0.5) is 14.9 Å². The van der Waals surface area contributed by atoms with Crippen molar-refractivity contribution in [2.24, 2.45) is 0 Å². The minimum absolute atomic E-state index is 0.00479. The van der Waals surface area contributed by atoms with E-state index in [4.69, 9.17) is 42.1 Å². The van der Waals surface area contributed by atoms with Gasteiger partial charge in [0.25, 0.3) is 0 Å². The third-order valence-electron chi connectivity index (χ3n) is 7.89. The number of anilines is 1. The number of thiophene rings is 1. The quantitative estimate of drug-likeness (QED) is 0.150. The number of ether oxygens (including phenoxy) is 4. The third kappa shape index (κ3) is 8.53. The summed E-state index contributed by atoms with van der Waals surface area (Å²) in [5, 5.41) is 0.774. The highest BCUT2D eigenvalue weighted by atomic mass is 35.5. The van der Waals surface area contributed by atoms with Crippen molar-refractivity contribution < 1.29 is 37.9 Å². The number of pyridine rings is 1. The lowest BCUT2D eigenvalue weighted by molar-refractivity contribution is -0.377. The summed E-state index contributed by atoms with van der Waals surface area (Å²) >= 11 is 14.1. The smallest absolute Gasteiger partial charge is 0.414 e. The molecule has 0 bridgehead atoms. The summed E-state index contributed by atoms with van der Waals surface area (Å²) in [4.78, 5) is 34.3. The predicted molar refractivity (Wildman–Crippen MR) is 178 cm³/mol. The van der Waals surface area contributed by atoms with Crippen LogP contribution in [-0.4, -0.2) is 57.4 Å².